The first-order chi connectivity index (χ1) is 7.27. The Balaban J connectivity index is 2.11. The average molecular weight is 212 g/mol. The van der Waals surface area contributed by atoms with Crippen molar-refractivity contribution in [2.45, 2.75) is 58.3 Å². The molecule has 0 aromatic rings. The fraction of sp³-hybridized carbons (Fsp3) is 0.923. The van der Waals surface area contributed by atoms with E-state index in [4.69, 9.17) is 4.74 Å². The highest BCUT2D eigenvalue weighted by atomic mass is 16.5. The van der Waals surface area contributed by atoms with E-state index in [-0.39, 0.29) is 11.9 Å². The molecular weight excluding hydrogens is 188 g/mol. The van der Waals surface area contributed by atoms with Gasteiger partial charge in [0.05, 0.1) is 13.0 Å². The van der Waals surface area contributed by atoms with E-state index in [0.29, 0.717) is 0 Å². The van der Waals surface area contributed by atoms with Crippen LogP contribution in [0.1, 0.15) is 58.3 Å². The largest absolute Gasteiger partial charge is 0.469 e. The normalized spacial score (nSPS) is 25.5. The Labute approximate surface area is 93.4 Å². The minimum absolute atomic E-state index is 0.00561. The molecule has 0 aromatic carbocycles. The van der Waals surface area contributed by atoms with Crippen LogP contribution in [-0.4, -0.2) is 13.1 Å². The van der Waals surface area contributed by atoms with Gasteiger partial charge in [-0.05, 0) is 25.2 Å². The highest BCUT2D eigenvalue weighted by Gasteiger charge is 2.29. The molecule has 0 saturated heterocycles. The zero-order valence-corrected chi connectivity index (χ0v) is 10.1. The topological polar surface area (TPSA) is 26.3 Å². The second-order valence-electron chi connectivity index (χ2n) is 4.75. The molecule has 0 bridgehead atoms. The third-order valence-corrected chi connectivity index (χ3v) is 3.54. The Morgan fingerprint density at radius 2 is 2.07 bits per heavy atom. The quantitative estimate of drug-likeness (QED) is 0.497. The number of unbranched alkanes of at least 4 members (excludes halogenated alkanes) is 3. The zero-order valence-electron chi connectivity index (χ0n) is 10.1. The van der Waals surface area contributed by atoms with Crippen molar-refractivity contribution in [3.8, 4) is 0 Å². The van der Waals surface area contributed by atoms with Gasteiger partial charge in [0.2, 0.25) is 0 Å². The summed E-state index contributed by atoms with van der Waals surface area (Å²) in [6, 6.07) is 0. The summed E-state index contributed by atoms with van der Waals surface area (Å²) in [4.78, 5) is 11.3. The molecular formula is C13H24O2. The van der Waals surface area contributed by atoms with Crippen molar-refractivity contribution < 1.29 is 9.53 Å². The van der Waals surface area contributed by atoms with E-state index in [2.05, 4.69) is 6.92 Å². The Morgan fingerprint density at radius 3 is 2.73 bits per heavy atom. The lowest BCUT2D eigenvalue weighted by Crippen LogP contribution is -2.12. The summed E-state index contributed by atoms with van der Waals surface area (Å²) >= 11 is 0. The third-order valence-electron chi connectivity index (χ3n) is 3.54. The molecule has 0 amide bonds. The molecule has 0 heterocycles. The summed E-state index contributed by atoms with van der Waals surface area (Å²) in [5.74, 6) is 0.989. The van der Waals surface area contributed by atoms with Crippen LogP contribution in [-0.2, 0) is 9.53 Å². The molecule has 1 saturated carbocycles. The van der Waals surface area contributed by atoms with E-state index in [1.54, 1.807) is 0 Å². The van der Waals surface area contributed by atoms with Gasteiger partial charge in [0.15, 0.2) is 0 Å². The van der Waals surface area contributed by atoms with Gasteiger partial charge in [-0.1, -0.05) is 39.0 Å². The predicted molar refractivity (Wildman–Crippen MR) is 61.6 cm³/mol. The summed E-state index contributed by atoms with van der Waals surface area (Å²) in [6.45, 7) is 2.24. The smallest absolute Gasteiger partial charge is 0.308 e. The maximum Gasteiger partial charge on any atom is 0.308 e. The molecule has 1 rings (SSSR count). The van der Waals surface area contributed by atoms with E-state index in [1.165, 1.54) is 45.6 Å². The molecule has 88 valence electrons. The lowest BCUT2D eigenvalue weighted by atomic mass is 9.98. The minimum Gasteiger partial charge on any atom is -0.469 e. The van der Waals surface area contributed by atoms with Gasteiger partial charge in [-0.15, -0.1) is 0 Å². The van der Waals surface area contributed by atoms with Crippen molar-refractivity contribution in [3.63, 3.8) is 0 Å². The zero-order chi connectivity index (χ0) is 11.1. The maximum atomic E-state index is 11.3. The molecule has 0 N–H and O–H groups in total. The summed E-state index contributed by atoms with van der Waals surface area (Å²) in [5.41, 5.74) is 0. The van der Waals surface area contributed by atoms with E-state index >= 15 is 0 Å². The van der Waals surface area contributed by atoms with Crippen LogP contribution >= 0.6 is 0 Å². The number of methoxy groups -OCH3 is 1. The SMILES string of the molecule is CCCCCCC1CC[C@H](C(=O)OC)C1. The van der Waals surface area contributed by atoms with Crippen LogP contribution in [0.5, 0.6) is 0 Å². The van der Waals surface area contributed by atoms with Crippen molar-refractivity contribution in [2.75, 3.05) is 7.11 Å². The first kappa shape index (κ1) is 12.5. The van der Waals surface area contributed by atoms with Crippen LogP contribution < -0.4 is 0 Å². The molecule has 0 aliphatic heterocycles. The van der Waals surface area contributed by atoms with Crippen molar-refractivity contribution in [3.05, 3.63) is 0 Å². The van der Waals surface area contributed by atoms with Gasteiger partial charge in [-0.3, -0.25) is 4.79 Å². The second kappa shape index (κ2) is 6.86. The van der Waals surface area contributed by atoms with Gasteiger partial charge in [-0.2, -0.15) is 0 Å². The number of carbonyl (C=O) groups is 1. The van der Waals surface area contributed by atoms with E-state index in [9.17, 15) is 4.79 Å². The highest BCUT2D eigenvalue weighted by Crippen LogP contribution is 2.34. The fourth-order valence-corrected chi connectivity index (χ4v) is 2.58. The first-order valence-corrected chi connectivity index (χ1v) is 6.35. The van der Waals surface area contributed by atoms with Crippen LogP contribution in [0.15, 0.2) is 0 Å². The number of hydrogen-bond acceptors (Lipinski definition) is 2. The molecule has 0 radical (unpaired) electrons. The van der Waals surface area contributed by atoms with Gasteiger partial charge in [0.25, 0.3) is 0 Å². The van der Waals surface area contributed by atoms with Crippen molar-refractivity contribution in [1.29, 1.82) is 0 Å². The number of rotatable bonds is 6. The monoisotopic (exact) mass is 212 g/mol. The third kappa shape index (κ3) is 4.23. The fourth-order valence-electron chi connectivity index (χ4n) is 2.58. The van der Waals surface area contributed by atoms with Gasteiger partial charge in [0.1, 0.15) is 0 Å². The predicted octanol–water partition coefficient (Wildman–Crippen LogP) is 3.55. The Bertz CT molecular complexity index is 189. The lowest BCUT2D eigenvalue weighted by Gasteiger charge is -2.09. The molecule has 15 heavy (non-hydrogen) atoms. The second-order valence-corrected chi connectivity index (χ2v) is 4.75. The van der Waals surface area contributed by atoms with Crippen molar-refractivity contribution in [2.24, 2.45) is 11.8 Å². The molecule has 0 spiro atoms. The van der Waals surface area contributed by atoms with Gasteiger partial charge in [0, 0.05) is 0 Å². The van der Waals surface area contributed by atoms with Gasteiger partial charge >= 0.3 is 5.97 Å². The first-order valence-electron chi connectivity index (χ1n) is 6.35. The Morgan fingerprint density at radius 1 is 1.27 bits per heavy atom. The Kier molecular flexibility index (Phi) is 5.74. The standard InChI is InChI=1S/C13H24O2/c1-3-4-5-6-7-11-8-9-12(10-11)13(14)15-2/h11-12H,3-10H2,1-2H3/t11?,12-/m0/s1. The Hall–Kier alpha value is -0.530. The number of carbonyl (C=O) groups excluding carboxylic acids is 1. The molecule has 1 aliphatic carbocycles. The molecule has 1 aliphatic rings. The summed E-state index contributed by atoms with van der Waals surface area (Å²) in [5, 5.41) is 0. The lowest BCUT2D eigenvalue weighted by molar-refractivity contribution is -0.145. The number of esters is 1. The van der Waals surface area contributed by atoms with Crippen LogP contribution in [0.25, 0.3) is 0 Å². The molecule has 1 fully saturated rings. The molecule has 2 heteroatoms. The average Bonchev–Trinajstić information content (AvgIpc) is 2.72. The van der Waals surface area contributed by atoms with Crippen LogP contribution in [0, 0.1) is 11.8 Å². The van der Waals surface area contributed by atoms with E-state index in [0.717, 1.165) is 18.8 Å². The summed E-state index contributed by atoms with van der Waals surface area (Å²) in [6.07, 6.45) is 10.0. The van der Waals surface area contributed by atoms with Crippen LogP contribution in [0.4, 0.5) is 0 Å². The van der Waals surface area contributed by atoms with E-state index < -0.39 is 0 Å². The minimum atomic E-state index is 0.00561. The number of ether oxygens (including phenoxy) is 1. The van der Waals surface area contributed by atoms with E-state index in [1.807, 2.05) is 0 Å². The molecule has 2 atom stereocenters. The molecule has 0 aromatic heterocycles. The van der Waals surface area contributed by atoms with Gasteiger partial charge in [-0.25, -0.2) is 0 Å². The molecule has 1 unspecified atom stereocenters. The van der Waals surface area contributed by atoms with Crippen molar-refractivity contribution >= 4 is 5.97 Å². The summed E-state index contributed by atoms with van der Waals surface area (Å²) in [7, 11) is 1.50. The van der Waals surface area contributed by atoms with Crippen LogP contribution in [0.3, 0.4) is 0 Å². The maximum absolute atomic E-state index is 11.3. The molecule has 2 nitrogen and oxygen atoms in total. The summed E-state index contributed by atoms with van der Waals surface area (Å²) < 4.78 is 4.79. The van der Waals surface area contributed by atoms with Gasteiger partial charge < -0.3 is 4.74 Å². The van der Waals surface area contributed by atoms with Crippen LogP contribution in [0.2, 0.25) is 0 Å². The number of hydrogen-bond donors (Lipinski definition) is 0. The van der Waals surface area contributed by atoms with Crippen molar-refractivity contribution in [1.82, 2.24) is 0 Å². The highest BCUT2D eigenvalue weighted by molar-refractivity contribution is 5.72.